The lowest BCUT2D eigenvalue weighted by atomic mass is 10.3. The third kappa shape index (κ3) is 1.60. The van der Waals surface area contributed by atoms with Crippen LogP contribution in [0.2, 0.25) is 5.02 Å². The number of nitrogens with zero attached hydrogens (tertiary/aromatic N) is 1. The normalized spacial score (nSPS) is 9.67. The first-order chi connectivity index (χ1) is 5.69. The second-order valence-electron chi connectivity index (χ2n) is 2.25. The largest absolute Gasteiger partial charge is 0.493 e. The molecule has 5 heteroatoms. The molecule has 0 radical (unpaired) electrons. The van der Waals surface area contributed by atoms with E-state index < -0.39 is 0 Å². The van der Waals surface area contributed by atoms with Crippen molar-refractivity contribution in [2.45, 2.75) is 6.92 Å². The Bertz CT molecular complexity index is 261. The molecule has 0 atom stereocenters. The van der Waals surface area contributed by atoms with Gasteiger partial charge in [0.25, 0.3) is 0 Å². The van der Waals surface area contributed by atoms with Crippen LogP contribution in [0.15, 0.2) is 6.07 Å². The second-order valence-corrected chi connectivity index (χ2v) is 2.66. The molecular formula is C7H10ClN3O. The van der Waals surface area contributed by atoms with Crippen molar-refractivity contribution >= 4 is 17.4 Å². The number of nitrogen functional groups attached to an aromatic ring is 1. The summed E-state index contributed by atoms with van der Waals surface area (Å²) in [5.41, 5.74) is 3.13. The molecule has 0 fully saturated rings. The Morgan fingerprint density at radius 1 is 1.67 bits per heavy atom. The highest BCUT2D eigenvalue weighted by Gasteiger charge is 2.06. The second kappa shape index (κ2) is 3.60. The molecule has 3 N–H and O–H groups in total. The number of hydrazine groups is 1. The van der Waals surface area contributed by atoms with E-state index in [9.17, 15) is 0 Å². The quantitative estimate of drug-likeness (QED) is 0.542. The van der Waals surface area contributed by atoms with Gasteiger partial charge in [-0.1, -0.05) is 11.6 Å². The first-order valence-corrected chi connectivity index (χ1v) is 3.74. The van der Waals surface area contributed by atoms with Gasteiger partial charge in [0, 0.05) is 6.07 Å². The molecule has 0 spiro atoms. The van der Waals surface area contributed by atoms with Crippen LogP contribution in [-0.2, 0) is 0 Å². The lowest BCUT2D eigenvalue weighted by Gasteiger charge is -2.08. The zero-order chi connectivity index (χ0) is 9.14. The number of hydrogen-bond donors (Lipinski definition) is 2. The number of methoxy groups -OCH3 is 1. The van der Waals surface area contributed by atoms with Gasteiger partial charge in [-0.05, 0) is 6.92 Å². The van der Waals surface area contributed by atoms with Crippen molar-refractivity contribution in [1.82, 2.24) is 4.98 Å². The Kier molecular flexibility index (Phi) is 2.73. The van der Waals surface area contributed by atoms with E-state index >= 15 is 0 Å². The minimum Gasteiger partial charge on any atom is -0.493 e. The molecule has 0 aromatic carbocycles. The predicted molar refractivity (Wildman–Crippen MR) is 48.3 cm³/mol. The van der Waals surface area contributed by atoms with Gasteiger partial charge in [-0.15, -0.1) is 0 Å². The number of anilines is 1. The number of hydrogen-bond acceptors (Lipinski definition) is 4. The van der Waals surface area contributed by atoms with Gasteiger partial charge in [-0.25, -0.2) is 10.8 Å². The topological polar surface area (TPSA) is 60.2 Å². The van der Waals surface area contributed by atoms with Gasteiger partial charge in [-0.2, -0.15) is 0 Å². The molecule has 0 aliphatic carbocycles. The number of ether oxygens (including phenoxy) is 1. The summed E-state index contributed by atoms with van der Waals surface area (Å²) in [7, 11) is 1.53. The maximum absolute atomic E-state index is 5.81. The molecule has 0 bridgehead atoms. The van der Waals surface area contributed by atoms with Gasteiger partial charge in [0.15, 0.2) is 11.6 Å². The molecular weight excluding hydrogens is 178 g/mol. The van der Waals surface area contributed by atoms with Gasteiger partial charge < -0.3 is 10.2 Å². The molecule has 4 nitrogen and oxygen atoms in total. The van der Waals surface area contributed by atoms with Crippen LogP contribution in [0.4, 0.5) is 5.82 Å². The Labute approximate surface area is 75.7 Å². The number of rotatable bonds is 2. The van der Waals surface area contributed by atoms with Gasteiger partial charge in [-0.3, -0.25) is 0 Å². The number of nitrogens with one attached hydrogen (secondary N) is 1. The summed E-state index contributed by atoms with van der Waals surface area (Å²) in [4.78, 5) is 4.07. The van der Waals surface area contributed by atoms with E-state index in [0.29, 0.717) is 22.3 Å². The first-order valence-electron chi connectivity index (χ1n) is 3.36. The monoisotopic (exact) mass is 187 g/mol. The molecule has 0 aliphatic rings. The fourth-order valence-corrected chi connectivity index (χ4v) is 0.964. The van der Waals surface area contributed by atoms with Gasteiger partial charge in [0.2, 0.25) is 0 Å². The fourth-order valence-electron chi connectivity index (χ4n) is 0.823. The molecule has 0 saturated carbocycles. The Balaban J connectivity index is 3.19. The minimum atomic E-state index is 0.486. The van der Waals surface area contributed by atoms with Crippen molar-refractivity contribution in [1.29, 1.82) is 0 Å². The van der Waals surface area contributed by atoms with Crippen molar-refractivity contribution in [3.05, 3.63) is 16.8 Å². The molecule has 0 aliphatic heterocycles. The van der Waals surface area contributed by atoms with Gasteiger partial charge in [0.1, 0.15) is 0 Å². The summed E-state index contributed by atoms with van der Waals surface area (Å²) in [6.45, 7) is 1.79. The Morgan fingerprint density at radius 2 is 2.33 bits per heavy atom. The lowest BCUT2D eigenvalue weighted by Crippen LogP contribution is -2.10. The van der Waals surface area contributed by atoms with Crippen LogP contribution in [0.1, 0.15) is 5.69 Å². The van der Waals surface area contributed by atoms with Crippen molar-refractivity contribution in [3.8, 4) is 5.75 Å². The first kappa shape index (κ1) is 9.09. The number of halogens is 1. The third-order valence-corrected chi connectivity index (χ3v) is 1.86. The predicted octanol–water partition coefficient (Wildman–Crippen LogP) is 1.34. The standard InChI is InChI=1S/C7H10ClN3O/c1-4-5(8)3-6(12-2)7(10-4)11-9/h3H,9H2,1-2H3,(H,10,11). The maximum Gasteiger partial charge on any atom is 0.183 e. The van der Waals surface area contributed by atoms with Crippen LogP contribution in [0, 0.1) is 6.92 Å². The van der Waals surface area contributed by atoms with Crippen molar-refractivity contribution < 1.29 is 4.74 Å². The van der Waals surface area contributed by atoms with Gasteiger partial charge >= 0.3 is 0 Å². The van der Waals surface area contributed by atoms with E-state index in [4.69, 9.17) is 22.2 Å². The van der Waals surface area contributed by atoms with Crippen LogP contribution in [0.3, 0.4) is 0 Å². The van der Waals surface area contributed by atoms with Crippen LogP contribution >= 0.6 is 11.6 Å². The minimum absolute atomic E-state index is 0.486. The van der Waals surface area contributed by atoms with Crippen LogP contribution in [0.25, 0.3) is 0 Å². The summed E-state index contributed by atoms with van der Waals surface area (Å²) < 4.78 is 4.98. The molecule has 1 heterocycles. The van der Waals surface area contributed by atoms with E-state index in [2.05, 4.69) is 10.4 Å². The molecule has 1 rings (SSSR count). The number of nitrogens with two attached hydrogens (primary N) is 1. The summed E-state index contributed by atoms with van der Waals surface area (Å²) >= 11 is 5.81. The third-order valence-electron chi connectivity index (χ3n) is 1.47. The zero-order valence-electron chi connectivity index (χ0n) is 6.89. The van der Waals surface area contributed by atoms with E-state index in [0.717, 1.165) is 0 Å². The summed E-state index contributed by atoms with van der Waals surface area (Å²) in [5, 5.41) is 0.561. The molecule has 0 saturated heterocycles. The smallest absolute Gasteiger partial charge is 0.183 e. The highest BCUT2D eigenvalue weighted by molar-refractivity contribution is 6.31. The van der Waals surface area contributed by atoms with E-state index in [1.807, 2.05) is 0 Å². The number of pyridine rings is 1. The number of aromatic nitrogens is 1. The fraction of sp³-hybridized carbons (Fsp3) is 0.286. The van der Waals surface area contributed by atoms with Crippen molar-refractivity contribution in [3.63, 3.8) is 0 Å². The molecule has 1 aromatic heterocycles. The molecule has 0 unspecified atom stereocenters. The average Bonchev–Trinajstić information content (AvgIpc) is 2.09. The van der Waals surface area contributed by atoms with Gasteiger partial charge in [0.05, 0.1) is 17.8 Å². The molecule has 66 valence electrons. The van der Waals surface area contributed by atoms with Crippen molar-refractivity contribution in [2.75, 3.05) is 12.5 Å². The van der Waals surface area contributed by atoms with Crippen LogP contribution in [0.5, 0.6) is 5.75 Å². The molecule has 1 aromatic rings. The van der Waals surface area contributed by atoms with Crippen LogP contribution < -0.4 is 16.0 Å². The van der Waals surface area contributed by atoms with E-state index in [1.54, 1.807) is 13.0 Å². The van der Waals surface area contributed by atoms with E-state index in [-0.39, 0.29) is 0 Å². The molecule has 12 heavy (non-hydrogen) atoms. The maximum atomic E-state index is 5.81. The highest BCUT2D eigenvalue weighted by atomic mass is 35.5. The average molecular weight is 188 g/mol. The highest BCUT2D eigenvalue weighted by Crippen LogP contribution is 2.26. The molecule has 0 amide bonds. The lowest BCUT2D eigenvalue weighted by molar-refractivity contribution is 0.414. The SMILES string of the molecule is COc1cc(Cl)c(C)nc1NN. The summed E-state index contributed by atoms with van der Waals surface area (Å²) in [6, 6.07) is 1.67. The van der Waals surface area contributed by atoms with Crippen LogP contribution in [-0.4, -0.2) is 12.1 Å². The van der Waals surface area contributed by atoms with E-state index in [1.165, 1.54) is 7.11 Å². The van der Waals surface area contributed by atoms with Crippen molar-refractivity contribution in [2.24, 2.45) is 5.84 Å². The Morgan fingerprint density at radius 3 is 2.83 bits per heavy atom. The summed E-state index contributed by atoms with van der Waals surface area (Å²) in [6.07, 6.45) is 0. The number of aryl methyl sites for hydroxylation is 1. The summed E-state index contributed by atoms with van der Waals surface area (Å²) in [5.74, 6) is 6.23. The Hall–Kier alpha value is -1.00. The zero-order valence-corrected chi connectivity index (χ0v) is 7.64.